The van der Waals surface area contributed by atoms with Crippen LogP contribution in [0.2, 0.25) is 0 Å². The third-order valence-corrected chi connectivity index (χ3v) is 5.79. The molecule has 5 nitrogen and oxygen atoms in total. The molecule has 2 aliphatic rings. The largest absolute Gasteiger partial charge is 0.497 e. The van der Waals surface area contributed by atoms with Crippen molar-refractivity contribution < 1.29 is 14.3 Å². The van der Waals surface area contributed by atoms with Crippen LogP contribution in [0.5, 0.6) is 5.75 Å². The van der Waals surface area contributed by atoms with Gasteiger partial charge in [-0.1, -0.05) is 6.07 Å². The molecule has 0 aliphatic carbocycles. The molecule has 0 radical (unpaired) electrons. The van der Waals surface area contributed by atoms with Crippen LogP contribution in [0.25, 0.3) is 0 Å². The summed E-state index contributed by atoms with van der Waals surface area (Å²) in [4.78, 5) is 17.6. The van der Waals surface area contributed by atoms with Crippen LogP contribution >= 0.6 is 11.8 Å². The quantitative estimate of drug-likeness (QED) is 0.831. The van der Waals surface area contributed by atoms with Gasteiger partial charge in [0.2, 0.25) is 0 Å². The Bertz CT molecular complexity index is 549. The van der Waals surface area contributed by atoms with Crippen molar-refractivity contribution in [3.8, 4) is 5.75 Å². The molecular weight excluding hydrogens is 324 g/mol. The molecule has 2 fully saturated rings. The Kier molecular flexibility index (Phi) is 6.40. The summed E-state index contributed by atoms with van der Waals surface area (Å²) < 4.78 is 10.7. The summed E-state index contributed by atoms with van der Waals surface area (Å²) in [7, 11) is 1.63. The molecule has 2 aliphatic heterocycles. The molecule has 0 aromatic heterocycles. The number of methoxy groups -OCH3 is 1. The van der Waals surface area contributed by atoms with E-state index < -0.39 is 0 Å². The Labute approximate surface area is 148 Å². The SMILES string of the molecule is COc1cccc(C(=O)N2CCCSCC2CN2CCOCC2)c1. The van der Waals surface area contributed by atoms with Crippen LogP contribution in [0.4, 0.5) is 0 Å². The fourth-order valence-corrected chi connectivity index (χ4v) is 4.31. The minimum atomic E-state index is 0.120. The number of hydrogen-bond donors (Lipinski definition) is 0. The summed E-state index contributed by atoms with van der Waals surface area (Å²) in [5.74, 6) is 2.98. The Morgan fingerprint density at radius 1 is 1.33 bits per heavy atom. The minimum Gasteiger partial charge on any atom is -0.497 e. The van der Waals surface area contributed by atoms with Gasteiger partial charge in [0.1, 0.15) is 5.75 Å². The van der Waals surface area contributed by atoms with E-state index in [-0.39, 0.29) is 11.9 Å². The normalized spacial score (nSPS) is 22.9. The molecule has 1 atom stereocenters. The van der Waals surface area contributed by atoms with Crippen molar-refractivity contribution in [2.75, 3.05) is 58.0 Å². The molecule has 1 aromatic carbocycles. The first-order valence-electron chi connectivity index (χ1n) is 8.61. The van der Waals surface area contributed by atoms with E-state index in [1.54, 1.807) is 7.11 Å². The van der Waals surface area contributed by atoms with Crippen LogP contribution in [0.3, 0.4) is 0 Å². The Balaban J connectivity index is 1.74. The molecule has 3 rings (SSSR count). The maximum absolute atomic E-state index is 13.1. The Morgan fingerprint density at radius 3 is 2.96 bits per heavy atom. The van der Waals surface area contributed by atoms with Crippen molar-refractivity contribution >= 4 is 17.7 Å². The molecule has 0 N–H and O–H groups in total. The van der Waals surface area contributed by atoms with Gasteiger partial charge in [-0.2, -0.15) is 11.8 Å². The molecule has 1 aromatic rings. The number of morpholine rings is 1. The van der Waals surface area contributed by atoms with Crippen LogP contribution in [-0.2, 0) is 4.74 Å². The van der Waals surface area contributed by atoms with Crippen LogP contribution in [0, 0.1) is 0 Å². The highest BCUT2D eigenvalue weighted by Gasteiger charge is 2.28. The summed E-state index contributed by atoms with van der Waals surface area (Å²) in [6, 6.07) is 7.74. The molecule has 0 spiro atoms. The summed E-state index contributed by atoms with van der Waals surface area (Å²) in [6.45, 7) is 5.28. The lowest BCUT2D eigenvalue weighted by molar-refractivity contribution is 0.0245. The van der Waals surface area contributed by atoms with Gasteiger partial charge in [0.25, 0.3) is 5.91 Å². The van der Waals surface area contributed by atoms with Gasteiger partial charge in [-0.15, -0.1) is 0 Å². The van der Waals surface area contributed by atoms with E-state index >= 15 is 0 Å². The van der Waals surface area contributed by atoms with Crippen molar-refractivity contribution in [1.29, 1.82) is 0 Å². The van der Waals surface area contributed by atoms with E-state index in [1.165, 1.54) is 0 Å². The third kappa shape index (κ3) is 4.43. The molecule has 0 saturated carbocycles. The van der Waals surface area contributed by atoms with Crippen molar-refractivity contribution in [3.63, 3.8) is 0 Å². The summed E-state index contributed by atoms with van der Waals surface area (Å²) in [5.41, 5.74) is 0.716. The predicted molar refractivity (Wildman–Crippen MR) is 97.0 cm³/mol. The Morgan fingerprint density at radius 2 is 2.17 bits per heavy atom. The average molecular weight is 350 g/mol. The second-order valence-electron chi connectivity index (χ2n) is 6.23. The van der Waals surface area contributed by atoms with Gasteiger partial charge in [-0.05, 0) is 30.4 Å². The molecule has 1 unspecified atom stereocenters. The number of amides is 1. The fraction of sp³-hybridized carbons (Fsp3) is 0.611. The number of ether oxygens (including phenoxy) is 2. The lowest BCUT2D eigenvalue weighted by atomic mass is 10.1. The smallest absolute Gasteiger partial charge is 0.254 e. The standard InChI is InChI=1S/C18H26N2O3S/c1-22-17-5-2-4-15(12-17)18(21)20-6-3-11-24-14-16(20)13-19-7-9-23-10-8-19/h2,4-5,12,16H,3,6-11,13-14H2,1H3. The molecule has 24 heavy (non-hydrogen) atoms. The molecule has 132 valence electrons. The van der Waals surface area contributed by atoms with E-state index in [0.29, 0.717) is 5.56 Å². The lowest BCUT2D eigenvalue weighted by Gasteiger charge is -2.35. The van der Waals surface area contributed by atoms with Gasteiger partial charge >= 0.3 is 0 Å². The van der Waals surface area contributed by atoms with Crippen molar-refractivity contribution in [1.82, 2.24) is 9.80 Å². The van der Waals surface area contributed by atoms with Gasteiger partial charge in [0, 0.05) is 37.5 Å². The molecule has 2 heterocycles. The second-order valence-corrected chi connectivity index (χ2v) is 7.38. The Hall–Kier alpha value is -1.24. The molecule has 1 amide bonds. The van der Waals surface area contributed by atoms with Crippen LogP contribution in [-0.4, -0.2) is 79.8 Å². The molecular formula is C18H26N2O3S. The average Bonchev–Trinajstić information content (AvgIpc) is 2.87. The zero-order chi connectivity index (χ0) is 16.8. The topological polar surface area (TPSA) is 42.0 Å². The number of nitrogens with zero attached hydrogens (tertiary/aromatic N) is 2. The van der Waals surface area contributed by atoms with E-state index in [1.807, 2.05) is 36.0 Å². The highest BCUT2D eigenvalue weighted by Crippen LogP contribution is 2.22. The predicted octanol–water partition coefficient (Wildman–Crippen LogP) is 1.98. The maximum Gasteiger partial charge on any atom is 0.254 e. The third-order valence-electron chi connectivity index (χ3n) is 4.59. The van der Waals surface area contributed by atoms with Gasteiger partial charge < -0.3 is 14.4 Å². The summed E-state index contributed by atoms with van der Waals surface area (Å²) in [5, 5.41) is 0. The minimum absolute atomic E-state index is 0.120. The highest BCUT2D eigenvalue weighted by molar-refractivity contribution is 7.99. The molecule has 6 heteroatoms. The highest BCUT2D eigenvalue weighted by atomic mass is 32.2. The van der Waals surface area contributed by atoms with Crippen LogP contribution in [0.15, 0.2) is 24.3 Å². The second kappa shape index (κ2) is 8.74. The number of carbonyl (C=O) groups excluding carboxylic acids is 1. The number of hydrogen-bond acceptors (Lipinski definition) is 5. The van der Waals surface area contributed by atoms with E-state index in [9.17, 15) is 4.79 Å². The van der Waals surface area contributed by atoms with Gasteiger partial charge in [-0.25, -0.2) is 0 Å². The summed E-state index contributed by atoms with van der Waals surface area (Å²) in [6.07, 6.45) is 1.06. The number of benzene rings is 1. The summed E-state index contributed by atoms with van der Waals surface area (Å²) >= 11 is 1.96. The zero-order valence-electron chi connectivity index (χ0n) is 14.3. The van der Waals surface area contributed by atoms with E-state index in [2.05, 4.69) is 9.80 Å². The van der Waals surface area contributed by atoms with Crippen molar-refractivity contribution in [3.05, 3.63) is 29.8 Å². The first kappa shape index (κ1) is 17.6. The molecule has 0 bridgehead atoms. The number of thioether (sulfide) groups is 1. The number of rotatable bonds is 4. The first-order chi connectivity index (χ1) is 11.8. The maximum atomic E-state index is 13.1. The fourth-order valence-electron chi connectivity index (χ4n) is 3.25. The van der Waals surface area contributed by atoms with Crippen LogP contribution in [0.1, 0.15) is 16.8 Å². The number of carbonyl (C=O) groups is 1. The van der Waals surface area contributed by atoms with E-state index in [4.69, 9.17) is 9.47 Å². The zero-order valence-corrected chi connectivity index (χ0v) is 15.1. The van der Waals surface area contributed by atoms with E-state index in [0.717, 1.165) is 63.1 Å². The van der Waals surface area contributed by atoms with Crippen LogP contribution < -0.4 is 4.74 Å². The van der Waals surface area contributed by atoms with Gasteiger partial charge in [-0.3, -0.25) is 9.69 Å². The van der Waals surface area contributed by atoms with Crippen molar-refractivity contribution in [2.24, 2.45) is 0 Å². The van der Waals surface area contributed by atoms with Crippen molar-refractivity contribution in [2.45, 2.75) is 12.5 Å². The lowest BCUT2D eigenvalue weighted by Crippen LogP contribution is -2.50. The first-order valence-corrected chi connectivity index (χ1v) is 9.76. The molecule has 2 saturated heterocycles. The van der Waals surface area contributed by atoms with Gasteiger partial charge in [0.05, 0.1) is 26.4 Å². The monoisotopic (exact) mass is 350 g/mol. The van der Waals surface area contributed by atoms with Gasteiger partial charge in [0.15, 0.2) is 0 Å².